The van der Waals surface area contributed by atoms with Gasteiger partial charge < -0.3 is 14.4 Å². The summed E-state index contributed by atoms with van der Waals surface area (Å²) in [5.74, 6) is -5.53. The van der Waals surface area contributed by atoms with Crippen molar-refractivity contribution in [3.05, 3.63) is 46.5 Å². The molecule has 0 spiro atoms. The number of anilines is 1. The topological polar surface area (TPSA) is 51.7 Å². The van der Waals surface area contributed by atoms with Gasteiger partial charge in [-0.2, -0.15) is 0 Å². The van der Waals surface area contributed by atoms with E-state index in [2.05, 4.69) is 4.98 Å². The van der Waals surface area contributed by atoms with Crippen LogP contribution in [0.4, 0.5) is 23.2 Å². The number of halogens is 4. The maximum atomic E-state index is 14.7. The molecule has 5 nitrogen and oxygen atoms in total. The van der Waals surface area contributed by atoms with Crippen molar-refractivity contribution in [3.8, 4) is 11.1 Å². The quantitative estimate of drug-likeness (QED) is 0.358. The zero-order valence-corrected chi connectivity index (χ0v) is 15.9. The number of rotatable bonds is 3. The minimum absolute atomic E-state index is 0.0933. The predicted octanol–water partition coefficient (Wildman–Crippen LogP) is 4.14. The molecule has 0 aliphatic carbocycles. The Kier molecular flexibility index (Phi) is 5.13. The molecule has 0 saturated carbocycles. The van der Waals surface area contributed by atoms with Crippen molar-refractivity contribution in [1.82, 2.24) is 4.98 Å². The Labute approximate surface area is 166 Å². The Morgan fingerprint density at radius 1 is 1.17 bits per heavy atom. The van der Waals surface area contributed by atoms with E-state index in [-0.39, 0.29) is 20.7 Å². The van der Waals surface area contributed by atoms with Gasteiger partial charge in [-0.25, -0.2) is 22.4 Å². The fourth-order valence-electron chi connectivity index (χ4n) is 3.30. The third-order valence-corrected chi connectivity index (χ3v) is 5.76. The van der Waals surface area contributed by atoms with E-state index < -0.39 is 34.8 Å². The Morgan fingerprint density at radius 3 is 2.59 bits per heavy atom. The Hall–Kier alpha value is -2.72. The number of carbonyl (C=O) groups excluding carboxylic acids is 1. The maximum Gasteiger partial charge on any atom is 0.350 e. The molecule has 1 fully saturated rings. The smallest absolute Gasteiger partial charge is 0.350 e. The average Bonchev–Trinajstić information content (AvgIpc) is 3.10. The van der Waals surface area contributed by atoms with Crippen LogP contribution in [0, 0.1) is 23.3 Å². The van der Waals surface area contributed by atoms with Crippen LogP contribution >= 0.6 is 11.3 Å². The third kappa shape index (κ3) is 3.32. The van der Waals surface area contributed by atoms with E-state index in [4.69, 9.17) is 9.47 Å². The van der Waals surface area contributed by atoms with Crippen molar-refractivity contribution >= 4 is 33.2 Å². The van der Waals surface area contributed by atoms with Crippen LogP contribution < -0.4 is 4.90 Å². The highest BCUT2D eigenvalue weighted by atomic mass is 32.1. The van der Waals surface area contributed by atoms with Gasteiger partial charge in [0.15, 0.2) is 17.5 Å². The SMILES string of the molecule is COC(=O)c1sc2c(-c3cc(F)cc(F)c3F)c(F)cnc2c1N1CCOCC1. The van der Waals surface area contributed by atoms with Gasteiger partial charge in [0.25, 0.3) is 0 Å². The summed E-state index contributed by atoms with van der Waals surface area (Å²) in [6.07, 6.45) is 0.845. The van der Waals surface area contributed by atoms with Crippen LogP contribution in [0.15, 0.2) is 18.3 Å². The number of methoxy groups -OCH3 is 1. The molecule has 0 radical (unpaired) electrons. The lowest BCUT2D eigenvalue weighted by Crippen LogP contribution is -2.37. The molecule has 0 amide bonds. The van der Waals surface area contributed by atoms with Crippen LogP contribution in [-0.2, 0) is 9.47 Å². The molecular formula is C19H14F4N2O3S. The molecule has 1 aliphatic heterocycles. The van der Waals surface area contributed by atoms with Crippen LogP contribution in [0.2, 0.25) is 0 Å². The molecule has 3 aromatic rings. The van der Waals surface area contributed by atoms with E-state index in [9.17, 15) is 22.4 Å². The minimum Gasteiger partial charge on any atom is -0.465 e. The van der Waals surface area contributed by atoms with E-state index in [0.29, 0.717) is 44.1 Å². The summed E-state index contributed by atoms with van der Waals surface area (Å²) in [5.41, 5.74) is -0.324. The number of aromatic nitrogens is 1. The zero-order chi connectivity index (χ0) is 20.7. The molecule has 2 aromatic heterocycles. The van der Waals surface area contributed by atoms with E-state index in [1.54, 1.807) is 0 Å². The first-order valence-corrected chi connectivity index (χ1v) is 9.41. The number of esters is 1. The molecular weight excluding hydrogens is 412 g/mol. The monoisotopic (exact) mass is 426 g/mol. The summed E-state index contributed by atoms with van der Waals surface area (Å²) in [5, 5.41) is 0. The van der Waals surface area contributed by atoms with Crippen LogP contribution in [0.25, 0.3) is 21.3 Å². The molecule has 3 heterocycles. The predicted molar refractivity (Wildman–Crippen MR) is 99.3 cm³/mol. The minimum atomic E-state index is -1.44. The van der Waals surface area contributed by atoms with Crippen LogP contribution in [0.1, 0.15) is 9.67 Å². The fourth-order valence-corrected chi connectivity index (χ4v) is 4.55. The normalized spacial score (nSPS) is 14.4. The van der Waals surface area contributed by atoms with Crippen LogP contribution in [-0.4, -0.2) is 44.4 Å². The first-order chi connectivity index (χ1) is 13.9. The van der Waals surface area contributed by atoms with Gasteiger partial charge >= 0.3 is 5.97 Å². The number of hydrogen-bond acceptors (Lipinski definition) is 6. The lowest BCUT2D eigenvalue weighted by Gasteiger charge is -2.28. The standard InChI is InChI=1S/C19H14F4N2O3S/c1-27-19(26)18-16(25-2-4-28-5-3-25)15-17(29-18)13(12(22)8-24-15)10-6-9(20)7-11(21)14(10)23/h6-8H,2-5H2,1H3. The largest absolute Gasteiger partial charge is 0.465 e. The second-order valence-electron chi connectivity index (χ2n) is 6.28. The van der Waals surface area contributed by atoms with Gasteiger partial charge in [0.05, 0.1) is 36.9 Å². The van der Waals surface area contributed by atoms with Gasteiger partial charge in [-0.15, -0.1) is 11.3 Å². The molecule has 0 N–H and O–H groups in total. The summed E-state index contributed by atoms with van der Waals surface area (Å²) >= 11 is 0.835. The molecule has 29 heavy (non-hydrogen) atoms. The summed E-state index contributed by atoms with van der Waals surface area (Å²) < 4.78 is 66.9. The zero-order valence-electron chi connectivity index (χ0n) is 15.1. The molecule has 1 aromatic carbocycles. The van der Waals surface area contributed by atoms with E-state index in [0.717, 1.165) is 17.5 Å². The highest BCUT2D eigenvalue weighted by Gasteiger charge is 2.29. The van der Waals surface area contributed by atoms with Crippen LogP contribution in [0.3, 0.4) is 0 Å². The highest BCUT2D eigenvalue weighted by Crippen LogP contribution is 2.44. The molecule has 152 valence electrons. The Balaban J connectivity index is 2.04. The van der Waals surface area contributed by atoms with E-state index in [1.165, 1.54) is 7.11 Å². The second kappa shape index (κ2) is 7.60. The summed E-state index contributed by atoms with van der Waals surface area (Å²) in [6, 6.07) is 1.09. The molecule has 0 unspecified atom stereocenters. The molecule has 1 aliphatic rings. The number of carbonyl (C=O) groups is 1. The van der Waals surface area contributed by atoms with Gasteiger partial charge in [-0.1, -0.05) is 0 Å². The molecule has 1 saturated heterocycles. The lowest BCUT2D eigenvalue weighted by molar-refractivity contribution is 0.0606. The van der Waals surface area contributed by atoms with Gasteiger partial charge in [0, 0.05) is 30.3 Å². The summed E-state index contributed by atoms with van der Waals surface area (Å²) in [7, 11) is 1.20. The van der Waals surface area contributed by atoms with E-state index in [1.807, 2.05) is 4.90 Å². The first-order valence-electron chi connectivity index (χ1n) is 8.59. The number of morpholine rings is 1. The Morgan fingerprint density at radius 2 is 1.90 bits per heavy atom. The number of thiophene rings is 1. The summed E-state index contributed by atoms with van der Waals surface area (Å²) in [4.78, 5) is 18.4. The van der Waals surface area contributed by atoms with Gasteiger partial charge in [0.2, 0.25) is 0 Å². The number of pyridine rings is 1. The van der Waals surface area contributed by atoms with Gasteiger partial charge in [-0.3, -0.25) is 4.98 Å². The fraction of sp³-hybridized carbons (Fsp3) is 0.263. The average molecular weight is 426 g/mol. The molecule has 4 rings (SSSR count). The number of ether oxygens (including phenoxy) is 2. The van der Waals surface area contributed by atoms with Crippen molar-refractivity contribution in [2.75, 3.05) is 38.3 Å². The van der Waals surface area contributed by atoms with Gasteiger partial charge in [-0.05, 0) is 6.07 Å². The van der Waals surface area contributed by atoms with Crippen molar-refractivity contribution in [2.24, 2.45) is 0 Å². The molecule has 10 heteroatoms. The second-order valence-corrected chi connectivity index (χ2v) is 7.30. The van der Waals surface area contributed by atoms with Crippen molar-refractivity contribution in [3.63, 3.8) is 0 Å². The maximum absolute atomic E-state index is 14.7. The van der Waals surface area contributed by atoms with Crippen LogP contribution in [0.5, 0.6) is 0 Å². The van der Waals surface area contributed by atoms with Crippen molar-refractivity contribution in [1.29, 1.82) is 0 Å². The first kappa shape index (κ1) is 19.6. The number of nitrogens with zero attached hydrogens (tertiary/aromatic N) is 2. The third-order valence-electron chi connectivity index (χ3n) is 4.59. The number of fused-ring (bicyclic) bond motifs is 1. The van der Waals surface area contributed by atoms with Gasteiger partial charge in [0.1, 0.15) is 16.2 Å². The van der Waals surface area contributed by atoms with Crippen molar-refractivity contribution < 1.29 is 31.8 Å². The van der Waals surface area contributed by atoms with Crippen molar-refractivity contribution in [2.45, 2.75) is 0 Å². The Bertz CT molecular complexity index is 1110. The molecule has 0 bridgehead atoms. The number of benzene rings is 1. The summed E-state index contributed by atoms with van der Waals surface area (Å²) in [6.45, 7) is 1.73. The number of hydrogen-bond donors (Lipinski definition) is 0. The molecule has 0 atom stereocenters. The van der Waals surface area contributed by atoms with E-state index >= 15 is 0 Å². The highest BCUT2D eigenvalue weighted by molar-refractivity contribution is 7.22. The lowest BCUT2D eigenvalue weighted by atomic mass is 10.0.